The lowest BCUT2D eigenvalue weighted by Gasteiger charge is -1.93. The van der Waals surface area contributed by atoms with Crippen molar-refractivity contribution in [3.05, 3.63) is 16.7 Å². The first-order valence-electron chi connectivity index (χ1n) is 4.14. The average molecular weight is 210 g/mol. The Morgan fingerprint density at radius 3 is 2.64 bits per heavy atom. The second-order valence-corrected chi connectivity index (χ2v) is 3.84. The van der Waals surface area contributed by atoms with Gasteiger partial charge in [-0.05, 0) is 13.8 Å². The van der Waals surface area contributed by atoms with E-state index in [-0.39, 0.29) is 0 Å². The van der Waals surface area contributed by atoms with Crippen molar-refractivity contribution < 1.29 is 0 Å². The van der Waals surface area contributed by atoms with E-state index in [0.717, 1.165) is 16.7 Å². The number of rotatable bonds is 2. The van der Waals surface area contributed by atoms with Gasteiger partial charge in [-0.3, -0.25) is 0 Å². The lowest BCUT2D eigenvalue weighted by molar-refractivity contribution is 0.801. The van der Waals surface area contributed by atoms with Crippen LogP contribution in [0.2, 0.25) is 0 Å². The van der Waals surface area contributed by atoms with Crippen molar-refractivity contribution in [2.24, 2.45) is 5.73 Å². The van der Waals surface area contributed by atoms with Crippen LogP contribution >= 0.6 is 11.3 Å². The quantitative estimate of drug-likeness (QED) is 0.765. The van der Waals surface area contributed by atoms with Crippen molar-refractivity contribution >= 4 is 11.3 Å². The molecular weight excluding hydrogens is 200 g/mol. The van der Waals surface area contributed by atoms with E-state index in [2.05, 4.69) is 20.3 Å². The summed E-state index contributed by atoms with van der Waals surface area (Å²) in [5.74, 6) is 1.54. The van der Waals surface area contributed by atoms with E-state index in [1.165, 1.54) is 11.3 Å². The van der Waals surface area contributed by atoms with E-state index in [1.807, 2.05) is 13.8 Å². The van der Waals surface area contributed by atoms with Gasteiger partial charge < -0.3 is 5.73 Å². The molecule has 74 valence electrons. The van der Waals surface area contributed by atoms with Gasteiger partial charge in [0.15, 0.2) is 0 Å². The molecule has 0 fully saturated rings. The molecule has 0 aliphatic heterocycles. The Kier molecular flexibility index (Phi) is 2.26. The molecule has 0 atom stereocenters. The van der Waals surface area contributed by atoms with E-state index in [9.17, 15) is 0 Å². The molecule has 0 saturated carbocycles. The lowest BCUT2D eigenvalue weighted by atomic mass is 10.7. The molecule has 2 N–H and O–H groups in total. The number of hydrogen-bond acceptors (Lipinski definition) is 6. The maximum atomic E-state index is 5.45. The van der Waals surface area contributed by atoms with Crippen molar-refractivity contribution in [1.29, 1.82) is 0 Å². The molecule has 7 heteroatoms. The molecule has 2 rings (SSSR count). The minimum Gasteiger partial charge on any atom is -0.324 e. The van der Waals surface area contributed by atoms with Crippen LogP contribution in [0.5, 0.6) is 0 Å². The molecule has 0 saturated heterocycles. The van der Waals surface area contributed by atoms with Gasteiger partial charge in [0, 0.05) is 6.54 Å². The molecule has 2 aromatic rings. The summed E-state index contributed by atoms with van der Waals surface area (Å²) >= 11 is 1.43. The highest BCUT2D eigenvalue weighted by molar-refractivity contribution is 7.13. The number of nitrogens with zero attached hydrogens (tertiary/aromatic N) is 5. The highest BCUT2D eigenvalue weighted by Crippen LogP contribution is 2.14. The molecule has 2 aromatic heterocycles. The van der Waals surface area contributed by atoms with E-state index >= 15 is 0 Å². The first kappa shape index (κ1) is 9.22. The number of aryl methyl sites for hydroxylation is 2. The van der Waals surface area contributed by atoms with Crippen molar-refractivity contribution in [3.8, 4) is 5.13 Å². The zero-order valence-corrected chi connectivity index (χ0v) is 8.75. The van der Waals surface area contributed by atoms with E-state index in [4.69, 9.17) is 5.73 Å². The summed E-state index contributed by atoms with van der Waals surface area (Å²) in [6.07, 6.45) is 0. The fraction of sp³-hybridized carbons (Fsp3) is 0.429. The number of aromatic nitrogens is 5. The molecule has 6 nitrogen and oxygen atoms in total. The van der Waals surface area contributed by atoms with Crippen LogP contribution in [0.3, 0.4) is 0 Å². The van der Waals surface area contributed by atoms with Gasteiger partial charge in [0.05, 0.1) is 0 Å². The van der Waals surface area contributed by atoms with Crippen molar-refractivity contribution in [2.45, 2.75) is 20.4 Å². The van der Waals surface area contributed by atoms with Crippen LogP contribution in [0.1, 0.15) is 16.7 Å². The van der Waals surface area contributed by atoms with Crippen LogP contribution in [-0.4, -0.2) is 25.0 Å². The average Bonchev–Trinajstić information content (AvgIpc) is 2.71. The maximum absolute atomic E-state index is 5.45. The highest BCUT2D eigenvalue weighted by Gasteiger charge is 2.09. The summed E-state index contributed by atoms with van der Waals surface area (Å²) in [4.78, 5) is 4.18. The fourth-order valence-corrected chi connectivity index (χ4v) is 1.83. The molecule has 2 heterocycles. The Morgan fingerprint density at radius 2 is 2.14 bits per heavy atom. The van der Waals surface area contributed by atoms with Crippen molar-refractivity contribution in [2.75, 3.05) is 0 Å². The van der Waals surface area contributed by atoms with Gasteiger partial charge in [0.1, 0.15) is 16.7 Å². The summed E-state index contributed by atoms with van der Waals surface area (Å²) in [6, 6.07) is 0. The summed E-state index contributed by atoms with van der Waals surface area (Å²) in [5, 5.41) is 13.6. The monoisotopic (exact) mass is 210 g/mol. The Morgan fingerprint density at radius 1 is 1.36 bits per heavy atom. The summed E-state index contributed by atoms with van der Waals surface area (Å²) in [7, 11) is 0. The first-order valence-corrected chi connectivity index (χ1v) is 4.95. The molecule has 0 bridgehead atoms. The van der Waals surface area contributed by atoms with E-state index in [1.54, 1.807) is 4.68 Å². The smallest absolute Gasteiger partial charge is 0.234 e. The minimum atomic E-state index is 0.407. The van der Waals surface area contributed by atoms with Crippen LogP contribution in [0.15, 0.2) is 0 Å². The summed E-state index contributed by atoms with van der Waals surface area (Å²) in [5.41, 5.74) is 5.45. The number of nitrogens with two attached hydrogens (primary N) is 1. The molecule has 0 radical (unpaired) electrons. The third kappa shape index (κ3) is 1.51. The molecule has 0 aliphatic carbocycles. The van der Waals surface area contributed by atoms with Crippen LogP contribution < -0.4 is 5.73 Å². The zero-order valence-electron chi connectivity index (χ0n) is 7.93. The molecule has 0 aliphatic rings. The van der Waals surface area contributed by atoms with Gasteiger partial charge in [-0.25, -0.2) is 4.98 Å². The van der Waals surface area contributed by atoms with Gasteiger partial charge in [0.25, 0.3) is 0 Å². The maximum Gasteiger partial charge on any atom is 0.234 e. The van der Waals surface area contributed by atoms with Crippen molar-refractivity contribution in [3.63, 3.8) is 0 Å². The Bertz CT molecular complexity index is 445. The summed E-state index contributed by atoms with van der Waals surface area (Å²) in [6.45, 7) is 4.13. The van der Waals surface area contributed by atoms with Crippen molar-refractivity contribution in [1.82, 2.24) is 25.0 Å². The van der Waals surface area contributed by atoms with Crippen LogP contribution in [0.25, 0.3) is 5.13 Å². The van der Waals surface area contributed by atoms with Gasteiger partial charge in [-0.2, -0.15) is 4.68 Å². The molecule has 14 heavy (non-hydrogen) atoms. The minimum absolute atomic E-state index is 0.407. The van der Waals surface area contributed by atoms with Gasteiger partial charge in [-0.1, -0.05) is 11.3 Å². The molecule has 0 spiro atoms. The summed E-state index contributed by atoms with van der Waals surface area (Å²) < 4.78 is 1.67. The molecule has 0 amide bonds. The van der Waals surface area contributed by atoms with E-state index < -0.39 is 0 Å². The topological polar surface area (TPSA) is 82.5 Å². The third-order valence-corrected chi connectivity index (χ3v) is 2.61. The van der Waals surface area contributed by atoms with Crippen LogP contribution in [0, 0.1) is 13.8 Å². The highest BCUT2D eigenvalue weighted by atomic mass is 32.1. The van der Waals surface area contributed by atoms with Gasteiger partial charge in [-0.15, -0.1) is 15.3 Å². The Balaban J connectivity index is 2.43. The van der Waals surface area contributed by atoms with Crippen LogP contribution in [-0.2, 0) is 6.54 Å². The predicted molar refractivity (Wildman–Crippen MR) is 52.2 cm³/mol. The predicted octanol–water partition coefficient (Wildman–Crippen LogP) is 0.194. The van der Waals surface area contributed by atoms with Gasteiger partial charge in [0.2, 0.25) is 5.13 Å². The normalized spacial score (nSPS) is 10.8. The Labute approximate surface area is 84.8 Å². The molecular formula is C7H10N6S. The number of hydrogen-bond donors (Lipinski definition) is 1. The molecule has 0 aromatic carbocycles. The third-order valence-electron chi connectivity index (χ3n) is 1.69. The standard InChI is InChI=1S/C7H10N6S/c1-4-9-5(2)13(12-4)7-11-10-6(3-8)14-7/h3,8H2,1-2H3. The van der Waals surface area contributed by atoms with E-state index in [0.29, 0.717) is 11.7 Å². The fourth-order valence-electron chi connectivity index (χ4n) is 1.11. The largest absolute Gasteiger partial charge is 0.324 e. The molecule has 0 unspecified atom stereocenters. The zero-order chi connectivity index (χ0) is 10.1. The second kappa shape index (κ2) is 3.43. The SMILES string of the molecule is Cc1nc(C)n(-c2nnc(CN)s2)n1. The lowest BCUT2D eigenvalue weighted by Crippen LogP contribution is -1.98. The van der Waals surface area contributed by atoms with Gasteiger partial charge >= 0.3 is 0 Å². The first-order chi connectivity index (χ1) is 6.70. The second-order valence-electron chi connectivity index (χ2n) is 2.80. The van der Waals surface area contributed by atoms with Crippen LogP contribution in [0.4, 0.5) is 0 Å². The Hall–Kier alpha value is -1.34.